The van der Waals surface area contributed by atoms with Gasteiger partial charge >= 0.3 is 0 Å². The monoisotopic (exact) mass is 591 g/mol. The summed E-state index contributed by atoms with van der Waals surface area (Å²) in [4.78, 5) is 30.1. The molecule has 0 aliphatic carbocycles. The summed E-state index contributed by atoms with van der Waals surface area (Å²) in [5, 5.41) is 11.5. The minimum Gasteiger partial charge on any atom is -0.497 e. The van der Waals surface area contributed by atoms with E-state index in [9.17, 15) is 9.59 Å². The van der Waals surface area contributed by atoms with Crippen molar-refractivity contribution in [2.75, 3.05) is 19.2 Å². The lowest BCUT2D eigenvalue weighted by atomic mass is 9.97. The van der Waals surface area contributed by atoms with Crippen LogP contribution in [-0.4, -0.2) is 45.6 Å². The van der Waals surface area contributed by atoms with Crippen molar-refractivity contribution in [1.82, 2.24) is 19.9 Å². The molecular weight excluding hydrogens is 558 g/mol. The number of fused-ring (bicyclic) bond motifs is 2. The molecule has 1 aliphatic heterocycles. The van der Waals surface area contributed by atoms with Gasteiger partial charge in [0.15, 0.2) is 11.5 Å². The van der Waals surface area contributed by atoms with E-state index in [0.717, 1.165) is 16.6 Å². The van der Waals surface area contributed by atoms with Crippen LogP contribution >= 0.6 is 0 Å². The molecule has 1 atom stereocenters. The molecule has 10 heteroatoms. The number of methoxy groups -OCH3 is 1. The van der Waals surface area contributed by atoms with Crippen molar-refractivity contribution < 1.29 is 23.8 Å². The normalized spacial score (nSPS) is 12.7. The first-order valence-corrected chi connectivity index (χ1v) is 14.4. The van der Waals surface area contributed by atoms with Gasteiger partial charge in [-0.1, -0.05) is 67.6 Å². The molecule has 0 unspecified atom stereocenters. The Morgan fingerprint density at radius 2 is 1.66 bits per heavy atom. The van der Waals surface area contributed by atoms with Crippen LogP contribution in [0.4, 0.5) is 5.69 Å². The third-order valence-electron chi connectivity index (χ3n) is 7.66. The van der Waals surface area contributed by atoms with Crippen LogP contribution in [0.25, 0.3) is 11.0 Å². The zero-order valence-electron chi connectivity index (χ0n) is 24.8. The number of amides is 2. The molecule has 1 aliphatic rings. The van der Waals surface area contributed by atoms with Gasteiger partial charge in [-0.15, -0.1) is 5.10 Å². The smallest absolute Gasteiger partial charge is 0.251 e. The Bertz CT molecular complexity index is 1780. The third kappa shape index (κ3) is 6.05. The largest absolute Gasteiger partial charge is 0.497 e. The SMILES string of the molecule is COc1ccc(CN(C(=O)Cn2nnc3ccccc32)[C@H](C(=O)Nc2ccc3c(c2)OCO3)c2ccc(C(C)C)cc2)cc1. The number of rotatable bonds is 10. The summed E-state index contributed by atoms with van der Waals surface area (Å²) >= 11 is 0. The van der Waals surface area contributed by atoms with E-state index in [-0.39, 0.29) is 31.7 Å². The maximum absolute atomic E-state index is 14.3. The average molecular weight is 592 g/mol. The molecule has 2 amide bonds. The highest BCUT2D eigenvalue weighted by atomic mass is 16.7. The molecule has 224 valence electrons. The van der Waals surface area contributed by atoms with Gasteiger partial charge in [0.2, 0.25) is 12.7 Å². The number of anilines is 1. The highest BCUT2D eigenvalue weighted by Gasteiger charge is 2.33. The lowest BCUT2D eigenvalue weighted by molar-refractivity contribution is -0.140. The fourth-order valence-electron chi connectivity index (χ4n) is 5.23. The fraction of sp³-hybridized carbons (Fsp3) is 0.235. The van der Waals surface area contributed by atoms with Crippen molar-refractivity contribution in [1.29, 1.82) is 0 Å². The first-order chi connectivity index (χ1) is 21.4. The summed E-state index contributed by atoms with van der Waals surface area (Å²) < 4.78 is 17.8. The van der Waals surface area contributed by atoms with Gasteiger partial charge in [0, 0.05) is 18.3 Å². The van der Waals surface area contributed by atoms with E-state index >= 15 is 0 Å². The number of aromatic nitrogens is 3. The van der Waals surface area contributed by atoms with Crippen molar-refractivity contribution in [3.63, 3.8) is 0 Å². The number of hydrogen-bond donors (Lipinski definition) is 1. The number of nitrogens with one attached hydrogen (secondary N) is 1. The van der Waals surface area contributed by atoms with Crippen LogP contribution in [0, 0.1) is 0 Å². The Hall–Kier alpha value is -5.38. The molecule has 0 fully saturated rings. The molecule has 1 N–H and O–H groups in total. The van der Waals surface area contributed by atoms with Gasteiger partial charge in [-0.2, -0.15) is 0 Å². The number of carbonyl (C=O) groups is 2. The minimum atomic E-state index is -0.967. The van der Waals surface area contributed by atoms with Gasteiger partial charge in [0.05, 0.1) is 12.6 Å². The van der Waals surface area contributed by atoms with Crippen LogP contribution < -0.4 is 19.5 Å². The number of ether oxygens (including phenoxy) is 3. The van der Waals surface area contributed by atoms with Crippen molar-refractivity contribution in [3.8, 4) is 17.2 Å². The molecule has 0 bridgehead atoms. The number of benzene rings is 4. The Balaban J connectivity index is 1.39. The molecule has 0 spiro atoms. The highest BCUT2D eigenvalue weighted by molar-refractivity contribution is 5.98. The first-order valence-electron chi connectivity index (χ1n) is 14.4. The van der Waals surface area contributed by atoms with E-state index in [0.29, 0.717) is 39.9 Å². The van der Waals surface area contributed by atoms with E-state index in [2.05, 4.69) is 29.5 Å². The van der Waals surface area contributed by atoms with Crippen LogP contribution in [0.15, 0.2) is 91.0 Å². The van der Waals surface area contributed by atoms with Crippen molar-refractivity contribution >= 4 is 28.5 Å². The summed E-state index contributed by atoms with van der Waals surface area (Å²) in [7, 11) is 1.60. The first kappa shape index (κ1) is 28.7. The van der Waals surface area contributed by atoms with E-state index in [1.165, 1.54) is 0 Å². The summed E-state index contributed by atoms with van der Waals surface area (Å²) in [6.07, 6.45) is 0. The molecule has 4 aromatic carbocycles. The molecule has 1 aromatic heterocycles. The van der Waals surface area contributed by atoms with Gasteiger partial charge in [0.25, 0.3) is 5.91 Å². The van der Waals surface area contributed by atoms with Gasteiger partial charge in [-0.3, -0.25) is 9.59 Å². The predicted octanol–water partition coefficient (Wildman–Crippen LogP) is 5.70. The number of para-hydroxylation sites is 1. The van der Waals surface area contributed by atoms with Gasteiger partial charge < -0.3 is 24.4 Å². The Morgan fingerprint density at radius 1 is 0.932 bits per heavy atom. The summed E-state index contributed by atoms with van der Waals surface area (Å²) in [5.74, 6) is 1.50. The summed E-state index contributed by atoms with van der Waals surface area (Å²) in [6.45, 7) is 4.41. The minimum absolute atomic E-state index is 0.103. The van der Waals surface area contributed by atoms with Crippen molar-refractivity contribution in [2.24, 2.45) is 0 Å². The molecule has 10 nitrogen and oxygen atoms in total. The van der Waals surface area contributed by atoms with Crippen LogP contribution in [-0.2, 0) is 22.7 Å². The van der Waals surface area contributed by atoms with E-state index in [1.54, 1.807) is 34.9 Å². The third-order valence-corrected chi connectivity index (χ3v) is 7.66. The van der Waals surface area contributed by atoms with Gasteiger partial charge in [0.1, 0.15) is 23.9 Å². The second-order valence-corrected chi connectivity index (χ2v) is 10.9. The quantitative estimate of drug-likeness (QED) is 0.222. The van der Waals surface area contributed by atoms with Gasteiger partial charge in [-0.05, 0) is 59.0 Å². The van der Waals surface area contributed by atoms with E-state index in [4.69, 9.17) is 14.2 Å². The number of hydrogen-bond acceptors (Lipinski definition) is 7. The topological polar surface area (TPSA) is 108 Å². The standard InChI is InChI=1S/C34H33N5O5/c1-22(2)24-10-12-25(13-11-24)33(34(41)35-26-14-17-30-31(18-26)44-21-43-30)38(19-23-8-15-27(42-3)16-9-23)32(40)20-39-29-7-5-4-6-28(29)36-37-39/h4-18,22,33H,19-21H2,1-3H3,(H,35,41)/t33-/m0/s1. The molecule has 2 heterocycles. The Morgan fingerprint density at radius 3 is 2.41 bits per heavy atom. The number of nitrogens with zero attached hydrogens (tertiary/aromatic N) is 4. The summed E-state index contributed by atoms with van der Waals surface area (Å²) in [6, 6.07) is 27.0. The molecule has 44 heavy (non-hydrogen) atoms. The summed E-state index contributed by atoms with van der Waals surface area (Å²) in [5.41, 5.74) is 4.59. The van der Waals surface area contributed by atoms with Crippen LogP contribution in [0.2, 0.25) is 0 Å². The molecule has 0 saturated heterocycles. The number of carbonyl (C=O) groups excluding carboxylic acids is 2. The van der Waals surface area contributed by atoms with Crippen LogP contribution in [0.5, 0.6) is 17.2 Å². The average Bonchev–Trinajstić information content (AvgIpc) is 3.68. The second kappa shape index (κ2) is 12.5. The van der Waals surface area contributed by atoms with E-state index in [1.807, 2.05) is 72.8 Å². The maximum Gasteiger partial charge on any atom is 0.251 e. The maximum atomic E-state index is 14.3. The van der Waals surface area contributed by atoms with Gasteiger partial charge in [-0.25, -0.2) is 4.68 Å². The van der Waals surface area contributed by atoms with Crippen molar-refractivity contribution in [2.45, 2.75) is 38.9 Å². The van der Waals surface area contributed by atoms with Crippen molar-refractivity contribution in [3.05, 3.63) is 108 Å². The highest BCUT2D eigenvalue weighted by Crippen LogP contribution is 2.35. The molecule has 0 radical (unpaired) electrons. The predicted molar refractivity (Wildman–Crippen MR) is 166 cm³/mol. The molecule has 5 aromatic rings. The zero-order valence-corrected chi connectivity index (χ0v) is 24.8. The molecular formula is C34H33N5O5. The lowest BCUT2D eigenvalue weighted by Gasteiger charge is -2.32. The second-order valence-electron chi connectivity index (χ2n) is 10.9. The van der Waals surface area contributed by atoms with Crippen LogP contribution in [0.3, 0.4) is 0 Å². The molecule has 6 rings (SSSR count). The van der Waals surface area contributed by atoms with E-state index < -0.39 is 6.04 Å². The Kier molecular flexibility index (Phi) is 8.14. The zero-order chi connectivity index (χ0) is 30.6. The fourth-order valence-corrected chi connectivity index (χ4v) is 5.23. The van der Waals surface area contributed by atoms with Crippen LogP contribution in [0.1, 0.15) is 42.5 Å². The lowest BCUT2D eigenvalue weighted by Crippen LogP contribution is -2.42. The molecule has 0 saturated carbocycles. The Labute approximate surface area is 255 Å².